The van der Waals surface area contributed by atoms with E-state index in [2.05, 4.69) is 5.10 Å². The van der Waals surface area contributed by atoms with Crippen LogP contribution in [0.1, 0.15) is 31.2 Å². The quantitative estimate of drug-likeness (QED) is 0.449. The number of carbonyl (C=O) groups is 1. The summed E-state index contributed by atoms with van der Waals surface area (Å²) in [5.74, 6) is 0.0466. The van der Waals surface area contributed by atoms with Crippen LogP contribution in [-0.2, 0) is 33.8 Å². The molecule has 0 bridgehead atoms. The summed E-state index contributed by atoms with van der Waals surface area (Å²) in [6.07, 6.45) is 0.691. The second-order valence-corrected chi connectivity index (χ2v) is 9.76. The molecule has 0 aromatic carbocycles. The highest BCUT2D eigenvalue weighted by atomic mass is 32.1. The van der Waals surface area contributed by atoms with E-state index in [4.69, 9.17) is 14.5 Å². The van der Waals surface area contributed by atoms with Crippen molar-refractivity contribution >= 4 is 44.5 Å². The van der Waals surface area contributed by atoms with Crippen LogP contribution in [-0.4, -0.2) is 37.3 Å². The van der Waals surface area contributed by atoms with Gasteiger partial charge in [0.05, 0.1) is 29.1 Å². The minimum absolute atomic E-state index is 0.170. The number of ether oxygens (including phenoxy) is 2. The maximum Gasteiger partial charge on any atom is 0.352 e. The van der Waals surface area contributed by atoms with Gasteiger partial charge in [-0.25, -0.2) is 9.78 Å². The van der Waals surface area contributed by atoms with Gasteiger partial charge in [0.15, 0.2) is 11.5 Å². The van der Waals surface area contributed by atoms with Crippen LogP contribution in [0.15, 0.2) is 22.3 Å². The minimum Gasteiger partial charge on any atom is -0.465 e. The van der Waals surface area contributed by atoms with Gasteiger partial charge >= 0.3 is 11.7 Å². The Morgan fingerprint density at radius 1 is 1.40 bits per heavy atom. The predicted octanol–water partition coefficient (Wildman–Crippen LogP) is 3.25. The third kappa shape index (κ3) is 3.06. The number of thiophene rings is 2. The highest BCUT2D eigenvalue weighted by Crippen LogP contribution is 2.40. The van der Waals surface area contributed by atoms with Crippen molar-refractivity contribution in [3.8, 4) is 10.7 Å². The highest BCUT2D eigenvalue weighted by Gasteiger charge is 2.32. The average molecular weight is 445 g/mol. The summed E-state index contributed by atoms with van der Waals surface area (Å²) in [7, 11) is 0. The van der Waals surface area contributed by atoms with Crippen LogP contribution in [0.4, 0.5) is 0 Å². The zero-order valence-electron chi connectivity index (χ0n) is 16.8. The molecular weight excluding hydrogens is 424 g/mol. The van der Waals surface area contributed by atoms with Crippen molar-refractivity contribution in [2.75, 3.05) is 6.61 Å². The molecule has 1 aliphatic rings. The fourth-order valence-electron chi connectivity index (χ4n) is 3.75. The van der Waals surface area contributed by atoms with E-state index in [0.717, 1.165) is 20.7 Å². The zero-order chi connectivity index (χ0) is 21.0. The van der Waals surface area contributed by atoms with Crippen LogP contribution in [0, 0.1) is 0 Å². The molecule has 8 nitrogen and oxygen atoms in total. The van der Waals surface area contributed by atoms with Gasteiger partial charge in [-0.05, 0) is 37.8 Å². The Labute approximate surface area is 179 Å². The van der Waals surface area contributed by atoms with E-state index >= 15 is 0 Å². The second kappa shape index (κ2) is 7.00. The fourth-order valence-corrected chi connectivity index (χ4v) is 5.62. The largest absolute Gasteiger partial charge is 0.465 e. The molecule has 0 N–H and O–H groups in total. The van der Waals surface area contributed by atoms with E-state index in [9.17, 15) is 9.59 Å². The van der Waals surface area contributed by atoms with Crippen molar-refractivity contribution in [1.82, 2.24) is 19.2 Å². The Kier molecular flexibility index (Phi) is 4.53. The zero-order valence-corrected chi connectivity index (χ0v) is 18.4. The summed E-state index contributed by atoms with van der Waals surface area (Å²) < 4.78 is 13.8. The van der Waals surface area contributed by atoms with Crippen LogP contribution in [0.3, 0.4) is 0 Å². The molecule has 156 valence electrons. The van der Waals surface area contributed by atoms with Gasteiger partial charge < -0.3 is 9.47 Å². The van der Waals surface area contributed by atoms with Gasteiger partial charge in [0.25, 0.3) is 0 Å². The van der Waals surface area contributed by atoms with Gasteiger partial charge in [0.2, 0.25) is 0 Å². The molecule has 4 aromatic rings. The number of hydrogen-bond acceptors (Lipinski definition) is 8. The number of esters is 1. The Morgan fingerprint density at radius 2 is 2.23 bits per heavy atom. The van der Waals surface area contributed by atoms with E-state index in [-0.39, 0.29) is 18.8 Å². The summed E-state index contributed by atoms with van der Waals surface area (Å²) in [6.45, 7) is 6.39. The van der Waals surface area contributed by atoms with Crippen molar-refractivity contribution in [2.45, 2.75) is 45.9 Å². The van der Waals surface area contributed by atoms with E-state index in [1.54, 1.807) is 6.92 Å². The number of nitrogens with zero attached hydrogens (tertiary/aromatic N) is 4. The smallest absolute Gasteiger partial charge is 0.352 e. The Hall–Kier alpha value is -2.56. The molecule has 0 saturated heterocycles. The number of carbonyl (C=O) groups excluding carboxylic acids is 1. The van der Waals surface area contributed by atoms with Crippen molar-refractivity contribution in [1.29, 1.82) is 0 Å². The fraction of sp³-hybridized carbons (Fsp3) is 0.400. The molecule has 0 spiro atoms. The molecule has 4 aromatic heterocycles. The van der Waals surface area contributed by atoms with Crippen LogP contribution in [0.5, 0.6) is 0 Å². The molecule has 5 rings (SSSR count). The van der Waals surface area contributed by atoms with Crippen LogP contribution < -0.4 is 5.69 Å². The van der Waals surface area contributed by atoms with Crippen molar-refractivity contribution in [2.24, 2.45) is 0 Å². The summed E-state index contributed by atoms with van der Waals surface area (Å²) in [4.78, 5) is 32.9. The van der Waals surface area contributed by atoms with E-state index in [0.29, 0.717) is 29.3 Å². The third-order valence-corrected chi connectivity index (χ3v) is 7.19. The summed E-state index contributed by atoms with van der Waals surface area (Å²) >= 11 is 2.99. The van der Waals surface area contributed by atoms with Crippen LogP contribution >= 0.6 is 22.7 Å². The standard InChI is InChI=1S/C20H20N4O4S2/c1-4-27-14(25)9-23-18-15(11-8-20(2,3)28-10-13(11)30-18)17-21-16(12-6-5-7-29-12)22-24(17)19(23)26/h5-7H,4,8-10H2,1-3H3. The van der Waals surface area contributed by atoms with Crippen LogP contribution in [0.2, 0.25) is 0 Å². The second-order valence-electron chi connectivity index (χ2n) is 7.73. The summed E-state index contributed by atoms with van der Waals surface area (Å²) in [6, 6.07) is 3.85. The molecule has 0 amide bonds. The first-order chi connectivity index (χ1) is 14.4. The van der Waals surface area contributed by atoms with Gasteiger partial charge in [-0.2, -0.15) is 4.52 Å². The van der Waals surface area contributed by atoms with E-state index < -0.39 is 11.7 Å². The van der Waals surface area contributed by atoms with Gasteiger partial charge in [-0.3, -0.25) is 9.36 Å². The molecule has 1 aliphatic heterocycles. The first-order valence-electron chi connectivity index (χ1n) is 9.65. The number of fused-ring (bicyclic) bond motifs is 5. The minimum atomic E-state index is -0.457. The monoisotopic (exact) mass is 444 g/mol. The summed E-state index contributed by atoms with van der Waals surface area (Å²) in [5.41, 5.74) is 0.906. The topological polar surface area (TPSA) is 87.7 Å². The molecule has 0 unspecified atom stereocenters. The Balaban J connectivity index is 1.82. The van der Waals surface area contributed by atoms with Gasteiger partial charge in [-0.15, -0.1) is 27.8 Å². The molecule has 0 atom stereocenters. The maximum atomic E-state index is 13.3. The Bertz CT molecular complexity index is 1330. The predicted molar refractivity (Wildman–Crippen MR) is 115 cm³/mol. The molecule has 10 heteroatoms. The lowest BCUT2D eigenvalue weighted by atomic mass is 9.94. The number of aromatic nitrogens is 4. The lowest BCUT2D eigenvalue weighted by Crippen LogP contribution is -2.32. The SMILES string of the molecule is CCOC(=O)Cn1c(=O)n2nc(-c3cccs3)nc2c2c3c(sc21)COC(C)(C)C3. The highest BCUT2D eigenvalue weighted by molar-refractivity contribution is 7.19. The first kappa shape index (κ1) is 19.4. The normalized spacial score (nSPS) is 15.6. The van der Waals surface area contributed by atoms with Gasteiger partial charge in [0, 0.05) is 11.3 Å². The van der Waals surface area contributed by atoms with Gasteiger partial charge in [0.1, 0.15) is 11.4 Å². The lowest BCUT2D eigenvalue weighted by Gasteiger charge is -2.30. The van der Waals surface area contributed by atoms with Crippen molar-refractivity contribution in [3.63, 3.8) is 0 Å². The Morgan fingerprint density at radius 3 is 2.97 bits per heavy atom. The van der Waals surface area contributed by atoms with E-state index in [1.165, 1.54) is 31.8 Å². The van der Waals surface area contributed by atoms with Crippen molar-refractivity contribution in [3.05, 3.63) is 38.4 Å². The van der Waals surface area contributed by atoms with E-state index in [1.807, 2.05) is 31.4 Å². The molecule has 0 aliphatic carbocycles. The third-order valence-electron chi connectivity index (χ3n) is 5.09. The molecule has 30 heavy (non-hydrogen) atoms. The molecule has 5 heterocycles. The molecular formula is C20H20N4O4S2. The average Bonchev–Trinajstić information content (AvgIpc) is 3.41. The van der Waals surface area contributed by atoms with Crippen LogP contribution in [0.25, 0.3) is 26.6 Å². The van der Waals surface area contributed by atoms with Crippen molar-refractivity contribution < 1.29 is 14.3 Å². The first-order valence-corrected chi connectivity index (χ1v) is 11.3. The molecule has 0 radical (unpaired) electrons. The number of rotatable bonds is 4. The molecule has 0 saturated carbocycles. The number of hydrogen-bond donors (Lipinski definition) is 0. The summed E-state index contributed by atoms with van der Waals surface area (Å²) in [5, 5.41) is 7.30. The van der Waals surface area contributed by atoms with Gasteiger partial charge in [-0.1, -0.05) is 6.07 Å². The lowest BCUT2D eigenvalue weighted by molar-refractivity contribution is -0.143. The maximum absolute atomic E-state index is 13.3. The molecule has 0 fully saturated rings.